The third-order valence-corrected chi connectivity index (χ3v) is 5.05. The van der Waals surface area contributed by atoms with Crippen molar-refractivity contribution in [1.29, 1.82) is 0 Å². The van der Waals surface area contributed by atoms with Crippen LogP contribution in [0, 0.1) is 0 Å². The maximum atomic E-state index is 5.79. The second-order valence-electron chi connectivity index (χ2n) is 6.77. The van der Waals surface area contributed by atoms with Crippen LogP contribution in [0.15, 0.2) is 42.6 Å². The highest BCUT2D eigenvalue weighted by molar-refractivity contribution is 5.74. The van der Waals surface area contributed by atoms with Crippen molar-refractivity contribution in [3.05, 3.63) is 59.7 Å². The highest BCUT2D eigenvalue weighted by atomic mass is 15.2. The molecule has 0 unspecified atom stereocenters. The Balaban J connectivity index is 1.62. The molecule has 3 N–H and O–H groups in total. The maximum Gasteiger partial charge on any atom is 0.121 e. The lowest BCUT2D eigenvalue weighted by Gasteiger charge is -2.34. The number of pyridine rings is 1. The van der Waals surface area contributed by atoms with Crippen LogP contribution in [0.3, 0.4) is 0 Å². The molecule has 25 heavy (non-hydrogen) atoms. The van der Waals surface area contributed by atoms with Gasteiger partial charge >= 0.3 is 0 Å². The summed E-state index contributed by atoms with van der Waals surface area (Å²) in [5.74, 6) is 1.02. The summed E-state index contributed by atoms with van der Waals surface area (Å²) in [5.41, 5.74) is 10.5. The van der Waals surface area contributed by atoms with Gasteiger partial charge in [0.1, 0.15) is 5.82 Å². The molecule has 4 rings (SSSR count). The van der Waals surface area contributed by atoms with Crippen molar-refractivity contribution in [3.63, 3.8) is 0 Å². The molecule has 0 bridgehead atoms. The van der Waals surface area contributed by atoms with Gasteiger partial charge in [-0.05, 0) is 56.0 Å². The minimum Gasteiger partial charge on any atom is -0.341 e. The van der Waals surface area contributed by atoms with Crippen LogP contribution in [0.1, 0.15) is 42.4 Å². The number of nitrogens with one attached hydrogen (secondary N) is 1. The van der Waals surface area contributed by atoms with Crippen LogP contribution >= 0.6 is 0 Å². The van der Waals surface area contributed by atoms with E-state index in [0.29, 0.717) is 12.6 Å². The summed E-state index contributed by atoms with van der Waals surface area (Å²) in [7, 11) is 0. The molecule has 0 aliphatic heterocycles. The third kappa shape index (κ3) is 3.43. The molecule has 0 radical (unpaired) electrons. The molecule has 2 aromatic heterocycles. The van der Waals surface area contributed by atoms with Gasteiger partial charge in [0.15, 0.2) is 0 Å². The van der Waals surface area contributed by atoms with Crippen molar-refractivity contribution in [3.8, 4) is 0 Å². The predicted molar refractivity (Wildman–Crippen MR) is 100 cm³/mol. The standard InChI is InChI=1S/C20H25N5/c21-11-5-13-25(14-19-23-16-8-1-2-9-17(16)24-19)18-10-3-6-15-7-4-12-22-20(15)18/h1-2,4,7-9,12,18H,3,5-6,10-11,13-14,21H2,(H,23,24)/t18-/m0/s1. The Kier molecular flexibility index (Phi) is 4.76. The van der Waals surface area contributed by atoms with Gasteiger partial charge in [-0.25, -0.2) is 4.98 Å². The van der Waals surface area contributed by atoms with Crippen LogP contribution in [-0.2, 0) is 13.0 Å². The molecule has 0 saturated heterocycles. The number of benzene rings is 1. The van der Waals surface area contributed by atoms with Gasteiger partial charge in [-0.2, -0.15) is 0 Å². The van der Waals surface area contributed by atoms with Crippen LogP contribution in [0.25, 0.3) is 11.0 Å². The van der Waals surface area contributed by atoms with Gasteiger partial charge in [-0.1, -0.05) is 18.2 Å². The smallest absolute Gasteiger partial charge is 0.121 e. The summed E-state index contributed by atoms with van der Waals surface area (Å²) in [5, 5.41) is 0. The molecule has 1 aliphatic rings. The molecule has 3 aromatic rings. The quantitative estimate of drug-likeness (QED) is 0.726. The lowest BCUT2D eigenvalue weighted by Crippen LogP contribution is -2.33. The van der Waals surface area contributed by atoms with Crippen LogP contribution in [-0.4, -0.2) is 32.9 Å². The number of imidazole rings is 1. The van der Waals surface area contributed by atoms with Crippen molar-refractivity contribution < 1.29 is 0 Å². The first-order valence-corrected chi connectivity index (χ1v) is 9.16. The van der Waals surface area contributed by atoms with Gasteiger partial charge in [-0.15, -0.1) is 0 Å². The summed E-state index contributed by atoms with van der Waals surface area (Å²) >= 11 is 0. The number of aryl methyl sites for hydroxylation is 1. The van der Waals surface area contributed by atoms with E-state index in [2.05, 4.69) is 28.1 Å². The molecule has 0 spiro atoms. The Labute approximate surface area is 148 Å². The first kappa shape index (κ1) is 16.2. The predicted octanol–water partition coefficient (Wildman–Crippen LogP) is 3.19. The Morgan fingerprint density at radius 2 is 2.12 bits per heavy atom. The van der Waals surface area contributed by atoms with E-state index >= 15 is 0 Å². The molecular formula is C20H25N5. The molecular weight excluding hydrogens is 310 g/mol. The summed E-state index contributed by atoms with van der Waals surface area (Å²) < 4.78 is 0. The SMILES string of the molecule is NCCCN(Cc1nc2ccccc2[nH]1)[C@H]1CCCc2cccnc21. The number of nitrogens with two attached hydrogens (primary N) is 1. The van der Waals surface area contributed by atoms with Gasteiger partial charge in [0.2, 0.25) is 0 Å². The summed E-state index contributed by atoms with van der Waals surface area (Å²) in [4.78, 5) is 15.4. The molecule has 5 nitrogen and oxygen atoms in total. The number of aromatic nitrogens is 3. The fraction of sp³-hybridized carbons (Fsp3) is 0.400. The zero-order valence-electron chi connectivity index (χ0n) is 14.5. The Morgan fingerprint density at radius 1 is 1.20 bits per heavy atom. The Bertz CT molecular complexity index is 808. The first-order chi connectivity index (χ1) is 12.3. The van der Waals surface area contributed by atoms with Gasteiger partial charge in [0.05, 0.1) is 29.3 Å². The fourth-order valence-electron chi connectivity index (χ4n) is 3.85. The normalized spacial score (nSPS) is 17.1. The number of rotatable bonds is 6. The van der Waals surface area contributed by atoms with E-state index in [0.717, 1.165) is 49.2 Å². The number of para-hydroxylation sites is 2. The van der Waals surface area contributed by atoms with E-state index in [1.54, 1.807) is 0 Å². The number of aromatic amines is 1. The lowest BCUT2D eigenvalue weighted by molar-refractivity contribution is 0.161. The van der Waals surface area contributed by atoms with E-state index < -0.39 is 0 Å². The van der Waals surface area contributed by atoms with E-state index in [1.807, 2.05) is 24.4 Å². The van der Waals surface area contributed by atoms with Gasteiger partial charge in [0, 0.05) is 12.7 Å². The molecule has 0 amide bonds. The number of H-pyrrole nitrogens is 1. The second-order valence-corrected chi connectivity index (χ2v) is 6.77. The Hall–Kier alpha value is -2.24. The second kappa shape index (κ2) is 7.33. The molecule has 130 valence electrons. The maximum absolute atomic E-state index is 5.79. The number of fused-ring (bicyclic) bond motifs is 2. The minimum absolute atomic E-state index is 0.352. The molecule has 1 atom stereocenters. The minimum atomic E-state index is 0.352. The van der Waals surface area contributed by atoms with Crippen molar-refractivity contribution in [1.82, 2.24) is 19.9 Å². The van der Waals surface area contributed by atoms with Crippen molar-refractivity contribution in [2.45, 2.75) is 38.3 Å². The van der Waals surface area contributed by atoms with E-state index in [4.69, 9.17) is 15.7 Å². The monoisotopic (exact) mass is 335 g/mol. The number of hydrogen-bond donors (Lipinski definition) is 2. The third-order valence-electron chi connectivity index (χ3n) is 5.05. The summed E-state index contributed by atoms with van der Waals surface area (Å²) in [6.45, 7) is 2.47. The van der Waals surface area contributed by atoms with Gasteiger partial charge in [-0.3, -0.25) is 9.88 Å². The van der Waals surface area contributed by atoms with Crippen LogP contribution in [0.4, 0.5) is 0 Å². The number of nitrogens with zero attached hydrogens (tertiary/aromatic N) is 3. The summed E-state index contributed by atoms with van der Waals surface area (Å²) in [6, 6.07) is 12.8. The van der Waals surface area contributed by atoms with Gasteiger partial charge < -0.3 is 10.7 Å². The van der Waals surface area contributed by atoms with Crippen molar-refractivity contribution in [2.75, 3.05) is 13.1 Å². The topological polar surface area (TPSA) is 70.8 Å². The average Bonchev–Trinajstić information content (AvgIpc) is 3.07. The average molecular weight is 335 g/mol. The molecule has 1 aliphatic carbocycles. The molecule has 0 fully saturated rings. The zero-order chi connectivity index (χ0) is 17.1. The highest BCUT2D eigenvalue weighted by Crippen LogP contribution is 2.33. The number of hydrogen-bond acceptors (Lipinski definition) is 4. The van der Waals surface area contributed by atoms with Gasteiger partial charge in [0.25, 0.3) is 0 Å². The fourth-order valence-corrected chi connectivity index (χ4v) is 3.85. The zero-order valence-corrected chi connectivity index (χ0v) is 14.5. The van der Waals surface area contributed by atoms with Crippen LogP contribution in [0.2, 0.25) is 0 Å². The Morgan fingerprint density at radius 3 is 3.00 bits per heavy atom. The molecule has 0 saturated carbocycles. The largest absolute Gasteiger partial charge is 0.341 e. The summed E-state index contributed by atoms with van der Waals surface area (Å²) in [6.07, 6.45) is 6.39. The highest BCUT2D eigenvalue weighted by Gasteiger charge is 2.27. The lowest BCUT2D eigenvalue weighted by atomic mass is 9.90. The van der Waals surface area contributed by atoms with E-state index in [-0.39, 0.29) is 0 Å². The van der Waals surface area contributed by atoms with E-state index in [1.165, 1.54) is 17.7 Å². The van der Waals surface area contributed by atoms with E-state index in [9.17, 15) is 0 Å². The van der Waals surface area contributed by atoms with Crippen molar-refractivity contribution >= 4 is 11.0 Å². The first-order valence-electron chi connectivity index (χ1n) is 9.16. The van der Waals surface area contributed by atoms with Crippen molar-refractivity contribution in [2.24, 2.45) is 5.73 Å². The molecule has 5 heteroatoms. The van der Waals surface area contributed by atoms with Crippen LogP contribution < -0.4 is 5.73 Å². The van der Waals surface area contributed by atoms with Crippen LogP contribution in [0.5, 0.6) is 0 Å². The molecule has 1 aromatic carbocycles. The molecule has 2 heterocycles.